The Hall–Kier alpha value is 1.88. The molecular weight excluding hydrogens is 178 g/mol. The molecule has 0 aromatic rings. The summed E-state index contributed by atoms with van der Waals surface area (Å²) in [4.78, 5) is 33.1. The molecule has 8 heteroatoms. The van der Waals surface area contributed by atoms with Gasteiger partial charge in [0.25, 0.3) is 0 Å². The Morgan fingerprint density at radius 2 is 1.12 bits per heavy atom. The minimum absolute atomic E-state index is 0. The molecule has 0 spiro atoms. The zero-order chi connectivity index (χ0) is 4.50. The topological polar surface area (TPSA) is 89.4 Å². The predicted octanol–water partition coefficient (Wildman–Crippen LogP) is -10.9. The third-order valence-corrected chi connectivity index (χ3v) is 0. The van der Waals surface area contributed by atoms with Gasteiger partial charge in [-0.3, -0.25) is 0 Å². The van der Waals surface area contributed by atoms with Gasteiger partial charge in [-0.2, -0.15) is 0 Å². The fraction of sp³-hybridized carbons (Fsp3) is 0. The van der Waals surface area contributed by atoms with Crippen LogP contribution in [0.15, 0.2) is 0 Å². The Labute approximate surface area is 86.9 Å². The number of rotatable bonds is 0. The molecule has 0 unspecified atom stereocenters. The Bertz CT molecular complexity index is 31.5. The second kappa shape index (κ2) is 8.88. The van der Waals surface area contributed by atoms with E-state index in [9.17, 15) is 0 Å². The monoisotopic (exact) mass is 178 g/mol. The van der Waals surface area contributed by atoms with Crippen LogP contribution in [0, 0.1) is 0 Å². The molecule has 40 valence electrons. The second-order valence-electron chi connectivity index (χ2n) is 0.524. The second-order valence-corrected chi connectivity index (χ2v) is 1.57. The first-order valence-corrected chi connectivity index (χ1v) is 2.51. The predicted molar refractivity (Wildman–Crippen MR) is 13.7 cm³/mol. The molecule has 0 heterocycles. The van der Waals surface area contributed by atoms with E-state index in [0.29, 0.717) is 0 Å². The molecular formula is HAlClNaO4Si. The van der Waals surface area contributed by atoms with Gasteiger partial charge in [0.1, 0.15) is 0 Å². The van der Waals surface area contributed by atoms with Gasteiger partial charge in [-0.05, 0) is 0 Å². The van der Waals surface area contributed by atoms with Crippen molar-refractivity contribution in [3.05, 3.63) is 0 Å². The maximum Gasteiger partial charge on any atom is 3.00 e. The summed E-state index contributed by atoms with van der Waals surface area (Å²) in [6, 6.07) is 0. The molecule has 0 aromatic carbocycles. The summed E-state index contributed by atoms with van der Waals surface area (Å²) < 4.78 is 0. The van der Waals surface area contributed by atoms with Crippen LogP contribution in [-0.2, 0) is 0 Å². The summed E-state index contributed by atoms with van der Waals surface area (Å²) in [6.45, 7) is 0. The number of hydrogen-bond acceptors (Lipinski definition) is 4. The zero-order valence-electron chi connectivity index (χ0n) is 4.13. The molecule has 8 heavy (non-hydrogen) atoms. The number of halogens is 1. The molecule has 0 rings (SSSR count). The SMILES string of the molecule is [Al+3].[Cl-].[Na+].[O-][Si]([O-])([O-])O. The molecule has 0 aromatic heterocycles. The molecule has 0 saturated carbocycles. The normalized spacial score (nSPS) is 7.50. The molecule has 0 atom stereocenters. The van der Waals surface area contributed by atoms with Gasteiger partial charge in [0, 0.05) is 0 Å². The molecule has 0 aliphatic heterocycles. The van der Waals surface area contributed by atoms with Crippen molar-refractivity contribution in [2.75, 3.05) is 0 Å². The van der Waals surface area contributed by atoms with Crippen LogP contribution < -0.4 is 56.4 Å². The van der Waals surface area contributed by atoms with Gasteiger partial charge in [-0.25, -0.2) is 0 Å². The van der Waals surface area contributed by atoms with Crippen LogP contribution in [0.1, 0.15) is 0 Å². The zero-order valence-corrected chi connectivity index (χ0v) is 9.04. The summed E-state index contributed by atoms with van der Waals surface area (Å²) in [5, 5.41) is 0. The van der Waals surface area contributed by atoms with E-state index in [1.54, 1.807) is 0 Å². The number of hydrogen-bond donors (Lipinski definition) is 1. The van der Waals surface area contributed by atoms with Crippen molar-refractivity contribution >= 4 is 26.4 Å². The van der Waals surface area contributed by atoms with Crippen LogP contribution >= 0.6 is 0 Å². The van der Waals surface area contributed by atoms with Crippen LogP contribution in [0.3, 0.4) is 0 Å². The third kappa shape index (κ3) is 106. The smallest absolute Gasteiger partial charge is 1.00 e. The van der Waals surface area contributed by atoms with Crippen LogP contribution in [-0.4, -0.2) is 31.2 Å². The van der Waals surface area contributed by atoms with Gasteiger partial charge in [-0.15, -0.1) is 9.05 Å². The van der Waals surface area contributed by atoms with Gasteiger partial charge < -0.3 is 31.6 Å². The average Bonchev–Trinajstić information content (AvgIpc) is 0.722. The molecule has 1 N–H and O–H groups in total. The van der Waals surface area contributed by atoms with Gasteiger partial charge in [0.2, 0.25) is 0 Å². The van der Waals surface area contributed by atoms with E-state index in [1.807, 2.05) is 0 Å². The summed E-state index contributed by atoms with van der Waals surface area (Å²) in [5.41, 5.74) is 0. The van der Waals surface area contributed by atoms with Gasteiger partial charge in [0.05, 0.1) is 0 Å². The van der Waals surface area contributed by atoms with E-state index in [1.165, 1.54) is 0 Å². The first kappa shape index (κ1) is 22.5. The molecule has 0 aliphatic rings. The van der Waals surface area contributed by atoms with Crippen molar-refractivity contribution < 1.29 is 61.1 Å². The van der Waals surface area contributed by atoms with Gasteiger partial charge in [0.15, 0.2) is 0 Å². The fourth-order valence-electron chi connectivity index (χ4n) is 0. The quantitative estimate of drug-likeness (QED) is 0.373. The Balaban J connectivity index is -0.0000000267. The summed E-state index contributed by atoms with van der Waals surface area (Å²) >= 11 is 0. The minimum atomic E-state index is -5.36. The molecule has 0 aliphatic carbocycles. The Morgan fingerprint density at radius 1 is 1.12 bits per heavy atom. The van der Waals surface area contributed by atoms with Crippen molar-refractivity contribution in [1.29, 1.82) is 0 Å². The summed E-state index contributed by atoms with van der Waals surface area (Å²) in [5.74, 6) is 0. The first-order chi connectivity index (χ1) is 2.00. The minimum Gasteiger partial charge on any atom is -1.00 e. The molecule has 0 amide bonds. The van der Waals surface area contributed by atoms with E-state index in [0.717, 1.165) is 0 Å². The maximum atomic E-state index is 8.69. The van der Waals surface area contributed by atoms with E-state index in [2.05, 4.69) is 0 Å². The van der Waals surface area contributed by atoms with E-state index < -0.39 is 9.05 Å². The van der Waals surface area contributed by atoms with Crippen LogP contribution in [0.5, 0.6) is 0 Å². The third-order valence-electron chi connectivity index (χ3n) is 0. The fourth-order valence-corrected chi connectivity index (χ4v) is 0. The standard InChI is InChI=1S/Al.ClH.Na.HO4Si/c;;;1-5(2,3)4/h;1H;;1H/q+3;;+1;-3/p-1. The van der Waals surface area contributed by atoms with Crippen molar-refractivity contribution in [1.82, 2.24) is 0 Å². The molecule has 0 radical (unpaired) electrons. The van der Waals surface area contributed by atoms with Crippen LogP contribution in [0.4, 0.5) is 0 Å². The average molecular weight is 179 g/mol. The summed E-state index contributed by atoms with van der Waals surface area (Å²) in [6.07, 6.45) is 0. The van der Waals surface area contributed by atoms with E-state index in [-0.39, 0.29) is 59.3 Å². The molecule has 0 bridgehead atoms. The summed E-state index contributed by atoms with van der Waals surface area (Å²) in [7, 11) is -5.36. The van der Waals surface area contributed by atoms with Crippen LogP contribution in [0.2, 0.25) is 0 Å². The largest absolute Gasteiger partial charge is 3.00 e. The molecule has 4 nitrogen and oxygen atoms in total. The van der Waals surface area contributed by atoms with E-state index >= 15 is 0 Å². The van der Waals surface area contributed by atoms with Crippen molar-refractivity contribution in [3.8, 4) is 0 Å². The van der Waals surface area contributed by atoms with Crippen molar-refractivity contribution in [3.63, 3.8) is 0 Å². The Kier molecular flexibility index (Phi) is 25.0. The van der Waals surface area contributed by atoms with Gasteiger partial charge >= 0.3 is 46.9 Å². The van der Waals surface area contributed by atoms with Crippen LogP contribution in [0.25, 0.3) is 0 Å². The molecule has 0 saturated heterocycles. The molecule has 0 fully saturated rings. The van der Waals surface area contributed by atoms with E-state index in [4.69, 9.17) is 19.2 Å². The van der Waals surface area contributed by atoms with Gasteiger partial charge in [-0.1, -0.05) is 0 Å². The van der Waals surface area contributed by atoms with Crippen molar-refractivity contribution in [2.24, 2.45) is 0 Å². The maximum absolute atomic E-state index is 8.69. The van der Waals surface area contributed by atoms with Crippen molar-refractivity contribution in [2.45, 2.75) is 0 Å². The Morgan fingerprint density at radius 3 is 1.12 bits per heavy atom. The first-order valence-electron chi connectivity index (χ1n) is 0.836.